The lowest BCUT2D eigenvalue weighted by atomic mass is 10.0. The lowest BCUT2D eigenvalue weighted by molar-refractivity contribution is -0.136. The maximum Gasteiger partial charge on any atom is 0.303 e. The largest absolute Gasteiger partial charge is 0.481 e. The van der Waals surface area contributed by atoms with E-state index in [-0.39, 0.29) is 12.0 Å². The summed E-state index contributed by atoms with van der Waals surface area (Å²) in [7, 11) is 0. The van der Waals surface area contributed by atoms with Crippen LogP contribution in [0.3, 0.4) is 0 Å². The van der Waals surface area contributed by atoms with Gasteiger partial charge in [0.05, 0.1) is 0 Å². The van der Waals surface area contributed by atoms with Crippen molar-refractivity contribution in [3.63, 3.8) is 0 Å². The lowest BCUT2D eigenvalue weighted by Gasteiger charge is -2.07. The van der Waals surface area contributed by atoms with Crippen LogP contribution in [-0.2, 0) is 11.2 Å². The fraction of sp³-hybridized carbons (Fsp3) is 0.364. The van der Waals surface area contributed by atoms with E-state index < -0.39 is 12.4 Å². The van der Waals surface area contributed by atoms with E-state index in [4.69, 9.17) is 5.11 Å². The molecule has 1 aromatic rings. The van der Waals surface area contributed by atoms with E-state index >= 15 is 0 Å². The molecule has 0 saturated carbocycles. The Labute approximate surface area is 86.5 Å². The third-order valence-electron chi connectivity index (χ3n) is 2.23. The molecule has 15 heavy (non-hydrogen) atoms. The van der Waals surface area contributed by atoms with Gasteiger partial charge >= 0.3 is 5.97 Å². The van der Waals surface area contributed by atoms with Gasteiger partial charge in [0.15, 0.2) is 0 Å². The van der Waals surface area contributed by atoms with Crippen LogP contribution in [0.1, 0.15) is 29.5 Å². The van der Waals surface area contributed by atoms with E-state index in [1.165, 1.54) is 12.1 Å². The van der Waals surface area contributed by atoms with Crippen molar-refractivity contribution in [2.45, 2.75) is 26.2 Å². The monoisotopic (exact) mass is 214 g/mol. The minimum Gasteiger partial charge on any atom is -0.481 e. The first-order valence-electron chi connectivity index (χ1n) is 4.60. The van der Waals surface area contributed by atoms with Crippen molar-refractivity contribution in [3.8, 4) is 0 Å². The second kappa shape index (κ2) is 4.87. The van der Waals surface area contributed by atoms with Crippen molar-refractivity contribution in [3.05, 3.63) is 34.9 Å². The van der Waals surface area contributed by atoms with Crippen LogP contribution in [0.2, 0.25) is 0 Å². The predicted octanol–water partition coefficient (Wildman–Crippen LogP) is 2.95. The maximum atomic E-state index is 12.4. The van der Waals surface area contributed by atoms with Crippen molar-refractivity contribution in [2.24, 2.45) is 0 Å². The zero-order valence-corrected chi connectivity index (χ0v) is 8.34. The van der Waals surface area contributed by atoms with E-state index in [9.17, 15) is 13.6 Å². The van der Waals surface area contributed by atoms with Gasteiger partial charge in [-0.3, -0.25) is 4.79 Å². The molecular formula is C11H12F2O2. The van der Waals surface area contributed by atoms with E-state index in [2.05, 4.69) is 0 Å². The molecule has 1 rings (SSSR count). The van der Waals surface area contributed by atoms with Gasteiger partial charge in [-0.2, -0.15) is 0 Å². The molecule has 0 unspecified atom stereocenters. The highest BCUT2D eigenvalue weighted by molar-refractivity contribution is 5.67. The number of rotatable bonds is 4. The highest BCUT2D eigenvalue weighted by atomic mass is 19.3. The average Bonchev–Trinajstić information content (AvgIpc) is 2.16. The molecule has 0 radical (unpaired) electrons. The standard InChI is InChI=1S/C11H12F2O2/c1-7-2-3-9(11(12)13)6-8(7)4-5-10(14)15/h2-3,6,11H,4-5H2,1H3,(H,14,15). The number of benzene rings is 1. The Balaban J connectivity index is 2.85. The number of aliphatic carboxylic acids is 1. The van der Waals surface area contributed by atoms with E-state index in [1.807, 2.05) is 0 Å². The highest BCUT2D eigenvalue weighted by Gasteiger charge is 2.09. The lowest BCUT2D eigenvalue weighted by Crippen LogP contribution is -2.00. The Morgan fingerprint density at radius 1 is 1.47 bits per heavy atom. The summed E-state index contributed by atoms with van der Waals surface area (Å²) in [6.45, 7) is 1.78. The van der Waals surface area contributed by atoms with Gasteiger partial charge in [0.2, 0.25) is 0 Å². The molecule has 1 N–H and O–H groups in total. The summed E-state index contributed by atoms with van der Waals surface area (Å²) < 4.78 is 24.7. The molecule has 0 amide bonds. The molecule has 0 aromatic heterocycles. The van der Waals surface area contributed by atoms with Gasteiger partial charge in [0.1, 0.15) is 0 Å². The van der Waals surface area contributed by atoms with Crippen LogP contribution in [0, 0.1) is 6.92 Å². The number of carboxylic acids is 1. The minimum atomic E-state index is -2.51. The summed E-state index contributed by atoms with van der Waals surface area (Å²) >= 11 is 0. The summed E-state index contributed by atoms with van der Waals surface area (Å²) in [4.78, 5) is 10.4. The summed E-state index contributed by atoms with van der Waals surface area (Å²) in [6, 6.07) is 4.34. The van der Waals surface area contributed by atoms with Crippen molar-refractivity contribution in [1.82, 2.24) is 0 Å². The van der Waals surface area contributed by atoms with Crippen LogP contribution >= 0.6 is 0 Å². The van der Waals surface area contributed by atoms with Gasteiger partial charge in [-0.05, 0) is 30.5 Å². The van der Waals surface area contributed by atoms with Crippen molar-refractivity contribution < 1.29 is 18.7 Å². The first kappa shape index (κ1) is 11.6. The first-order valence-corrected chi connectivity index (χ1v) is 4.60. The molecule has 0 aliphatic carbocycles. The SMILES string of the molecule is Cc1ccc(C(F)F)cc1CCC(=O)O. The zero-order chi connectivity index (χ0) is 11.4. The van der Waals surface area contributed by atoms with Crippen molar-refractivity contribution in [1.29, 1.82) is 0 Å². The average molecular weight is 214 g/mol. The molecule has 0 aliphatic heterocycles. The molecule has 0 atom stereocenters. The van der Waals surface area contributed by atoms with Crippen molar-refractivity contribution in [2.75, 3.05) is 0 Å². The van der Waals surface area contributed by atoms with E-state index in [0.717, 1.165) is 5.56 Å². The Bertz CT molecular complexity index is 362. The van der Waals surface area contributed by atoms with E-state index in [1.54, 1.807) is 13.0 Å². The molecule has 1 aromatic carbocycles. The Hall–Kier alpha value is -1.45. The van der Waals surface area contributed by atoms with Gasteiger partial charge in [-0.25, -0.2) is 8.78 Å². The molecule has 0 aliphatic rings. The molecule has 0 bridgehead atoms. The van der Waals surface area contributed by atoms with Gasteiger partial charge in [-0.1, -0.05) is 12.1 Å². The number of alkyl halides is 2. The number of aryl methyl sites for hydroxylation is 2. The normalized spacial score (nSPS) is 10.7. The Kier molecular flexibility index (Phi) is 3.77. The Morgan fingerprint density at radius 3 is 2.67 bits per heavy atom. The fourth-order valence-electron chi connectivity index (χ4n) is 1.34. The summed E-state index contributed by atoms with van der Waals surface area (Å²) in [5.74, 6) is -0.920. The van der Waals surface area contributed by atoms with Gasteiger partial charge in [0, 0.05) is 12.0 Å². The third-order valence-corrected chi connectivity index (χ3v) is 2.23. The summed E-state index contributed by atoms with van der Waals surface area (Å²) in [6.07, 6.45) is -2.25. The molecule has 0 saturated heterocycles. The topological polar surface area (TPSA) is 37.3 Å². The second-order valence-corrected chi connectivity index (χ2v) is 3.38. The molecule has 4 heteroatoms. The van der Waals surface area contributed by atoms with Gasteiger partial charge in [-0.15, -0.1) is 0 Å². The smallest absolute Gasteiger partial charge is 0.303 e. The third kappa shape index (κ3) is 3.31. The molecule has 82 valence electrons. The van der Waals surface area contributed by atoms with Gasteiger partial charge in [0.25, 0.3) is 6.43 Å². The second-order valence-electron chi connectivity index (χ2n) is 3.38. The number of hydrogen-bond donors (Lipinski definition) is 1. The fourth-order valence-corrected chi connectivity index (χ4v) is 1.34. The number of halogens is 2. The Morgan fingerprint density at radius 2 is 2.13 bits per heavy atom. The van der Waals surface area contributed by atoms with Crippen LogP contribution in [-0.4, -0.2) is 11.1 Å². The predicted molar refractivity (Wildman–Crippen MR) is 52.1 cm³/mol. The van der Waals surface area contributed by atoms with Crippen LogP contribution in [0.15, 0.2) is 18.2 Å². The van der Waals surface area contributed by atoms with Crippen LogP contribution in [0.4, 0.5) is 8.78 Å². The van der Waals surface area contributed by atoms with Crippen LogP contribution in [0.25, 0.3) is 0 Å². The molecule has 0 fully saturated rings. The molecular weight excluding hydrogens is 202 g/mol. The molecule has 2 nitrogen and oxygen atoms in total. The minimum absolute atomic E-state index is 0.0342. The number of carboxylic acid groups (broad SMARTS) is 1. The van der Waals surface area contributed by atoms with Crippen molar-refractivity contribution >= 4 is 5.97 Å². The van der Waals surface area contributed by atoms with E-state index in [0.29, 0.717) is 12.0 Å². The zero-order valence-electron chi connectivity index (χ0n) is 8.34. The maximum absolute atomic E-state index is 12.4. The summed E-state index contributed by atoms with van der Waals surface area (Å²) in [5.41, 5.74) is 1.47. The summed E-state index contributed by atoms with van der Waals surface area (Å²) in [5, 5.41) is 8.50. The van der Waals surface area contributed by atoms with Crippen LogP contribution < -0.4 is 0 Å². The van der Waals surface area contributed by atoms with Crippen LogP contribution in [0.5, 0.6) is 0 Å². The molecule has 0 heterocycles. The van der Waals surface area contributed by atoms with Gasteiger partial charge < -0.3 is 5.11 Å². The number of hydrogen-bond acceptors (Lipinski definition) is 1. The highest BCUT2D eigenvalue weighted by Crippen LogP contribution is 2.22. The molecule has 0 spiro atoms. The first-order chi connectivity index (χ1) is 7.00. The quantitative estimate of drug-likeness (QED) is 0.836. The number of carbonyl (C=O) groups is 1.